The predicted molar refractivity (Wildman–Crippen MR) is 83.0 cm³/mol. The molecule has 0 bridgehead atoms. The lowest BCUT2D eigenvalue weighted by molar-refractivity contribution is 0.175. The molecule has 0 N–H and O–H groups in total. The van der Waals surface area contributed by atoms with Crippen molar-refractivity contribution in [2.75, 3.05) is 6.61 Å². The first-order valence-electron chi connectivity index (χ1n) is 8.04. The normalized spacial score (nSPS) is 22.0. The number of hydrogen-bond acceptors (Lipinski definition) is 2. The number of ether oxygens (including phenoxy) is 2. The third-order valence-corrected chi connectivity index (χ3v) is 4.36. The fraction of sp³-hybridized carbons (Fsp3) is 0.556. The fourth-order valence-corrected chi connectivity index (χ4v) is 2.87. The first kappa shape index (κ1) is 16.8. The van der Waals surface area contributed by atoms with Crippen LogP contribution in [0.2, 0.25) is 0 Å². The highest BCUT2D eigenvalue weighted by atomic mass is 19.2. The lowest BCUT2D eigenvalue weighted by atomic mass is 9.81. The Morgan fingerprint density at radius 1 is 1.05 bits per heavy atom. The molecular formula is C18H24F2O2. The molecule has 0 aromatic heterocycles. The minimum Gasteiger partial charge on any atom is -0.490 e. The molecule has 2 nitrogen and oxygen atoms in total. The zero-order valence-electron chi connectivity index (χ0n) is 13.3. The van der Waals surface area contributed by atoms with E-state index in [-0.39, 0.29) is 11.5 Å². The van der Waals surface area contributed by atoms with Crippen molar-refractivity contribution in [2.45, 2.75) is 46.0 Å². The average Bonchev–Trinajstić information content (AvgIpc) is 2.56. The number of allylic oxidation sites excluding steroid dienone is 1. The van der Waals surface area contributed by atoms with E-state index in [0.717, 1.165) is 18.8 Å². The molecule has 1 aliphatic carbocycles. The Hall–Kier alpha value is -1.58. The summed E-state index contributed by atoms with van der Waals surface area (Å²) in [5.74, 6) is -0.915. The van der Waals surface area contributed by atoms with E-state index in [1.54, 1.807) is 13.0 Å². The summed E-state index contributed by atoms with van der Waals surface area (Å²) in [6, 6.07) is 2.82. The van der Waals surface area contributed by atoms with Gasteiger partial charge in [0.15, 0.2) is 11.5 Å². The van der Waals surface area contributed by atoms with Gasteiger partial charge in [-0.05, 0) is 43.7 Å². The molecule has 4 heteroatoms. The molecule has 0 radical (unpaired) electrons. The molecular weight excluding hydrogens is 286 g/mol. The molecule has 1 aromatic carbocycles. The molecule has 1 saturated carbocycles. The van der Waals surface area contributed by atoms with Crippen molar-refractivity contribution in [3.05, 3.63) is 36.1 Å². The SMILES string of the molecule is CC=COc1ccc(OCC2CCC(CC)CC2)c(F)c1F. The summed E-state index contributed by atoms with van der Waals surface area (Å²) in [4.78, 5) is 0. The summed E-state index contributed by atoms with van der Waals surface area (Å²) in [6.45, 7) is 4.40. The van der Waals surface area contributed by atoms with Crippen LogP contribution in [0.3, 0.4) is 0 Å². The van der Waals surface area contributed by atoms with Gasteiger partial charge in [0.1, 0.15) is 0 Å². The molecule has 0 saturated heterocycles. The van der Waals surface area contributed by atoms with E-state index in [1.165, 1.54) is 37.7 Å². The van der Waals surface area contributed by atoms with Crippen LogP contribution < -0.4 is 9.47 Å². The molecule has 0 heterocycles. The molecule has 122 valence electrons. The summed E-state index contributed by atoms with van der Waals surface area (Å²) in [5, 5.41) is 0. The van der Waals surface area contributed by atoms with Crippen LogP contribution in [-0.4, -0.2) is 6.61 Å². The molecule has 0 amide bonds. The number of halogens is 2. The van der Waals surface area contributed by atoms with E-state index in [4.69, 9.17) is 9.47 Å². The molecule has 2 rings (SSSR count). The van der Waals surface area contributed by atoms with Gasteiger partial charge in [0.2, 0.25) is 11.6 Å². The molecule has 0 atom stereocenters. The van der Waals surface area contributed by atoms with E-state index in [2.05, 4.69) is 6.92 Å². The van der Waals surface area contributed by atoms with E-state index < -0.39 is 11.6 Å². The summed E-state index contributed by atoms with van der Waals surface area (Å²) < 4.78 is 38.3. The maximum atomic E-state index is 14.0. The third kappa shape index (κ3) is 4.21. The minimum absolute atomic E-state index is 0.0389. The molecule has 0 aliphatic heterocycles. The van der Waals surface area contributed by atoms with Gasteiger partial charge in [0.25, 0.3) is 0 Å². The van der Waals surface area contributed by atoms with Crippen molar-refractivity contribution in [1.82, 2.24) is 0 Å². The van der Waals surface area contributed by atoms with Gasteiger partial charge in [-0.3, -0.25) is 0 Å². The van der Waals surface area contributed by atoms with Crippen LogP contribution in [0.1, 0.15) is 46.0 Å². The van der Waals surface area contributed by atoms with Crippen LogP contribution in [0.4, 0.5) is 8.78 Å². The van der Waals surface area contributed by atoms with Crippen molar-refractivity contribution in [3.63, 3.8) is 0 Å². The van der Waals surface area contributed by atoms with Crippen LogP contribution in [0, 0.1) is 23.5 Å². The fourth-order valence-electron chi connectivity index (χ4n) is 2.87. The molecule has 0 spiro atoms. The van der Waals surface area contributed by atoms with E-state index in [0.29, 0.717) is 12.5 Å². The van der Waals surface area contributed by atoms with E-state index >= 15 is 0 Å². The molecule has 22 heavy (non-hydrogen) atoms. The van der Waals surface area contributed by atoms with Crippen molar-refractivity contribution in [2.24, 2.45) is 11.8 Å². The summed E-state index contributed by atoms with van der Waals surface area (Å²) in [6.07, 6.45) is 8.76. The Kier molecular flexibility index (Phi) is 6.22. The molecule has 0 unspecified atom stereocenters. The maximum Gasteiger partial charge on any atom is 0.205 e. The zero-order valence-corrected chi connectivity index (χ0v) is 13.3. The number of hydrogen-bond donors (Lipinski definition) is 0. The smallest absolute Gasteiger partial charge is 0.205 e. The Balaban J connectivity index is 1.92. The Morgan fingerprint density at radius 3 is 2.27 bits per heavy atom. The highest BCUT2D eigenvalue weighted by Gasteiger charge is 2.22. The van der Waals surface area contributed by atoms with Crippen LogP contribution in [0.15, 0.2) is 24.5 Å². The van der Waals surface area contributed by atoms with Gasteiger partial charge in [-0.1, -0.05) is 32.3 Å². The highest BCUT2D eigenvalue weighted by Crippen LogP contribution is 2.32. The topological polar surface area (TPSA) is 18.5 Å². The van der Waals surface area contributed by atoms with Crippen LogP contribution in [-0.2, 0) is 0 Å². The van der Waals surface area contributed by atoms with Crippen LogP contribution in [0.25, 0.3) is 0 Å². The van der Waals surface area contributed by atoms with Gasteiger partial charge in [-0.2, -0.15) is 8.78 Å². The molecule has 1 aromatic rings. The quantitative estimate of drug-likeness (QED) is 0.648. The van der Waals surface area contributed by atoms with Gasteiger partial charge < -0.3 is 9.47 Å². The maximum absolute atomic E-state index is 14.0. The largest absolute Gasteiger partial charge is 0.490 e. The van der Waals surface area contributed by atoms with Gasteiger partial charge in [0, 0.05) is 0 Å². The Morgan fingerprint density at radius 2 is 1.64 bits per heavy atom. The molecule has 1 fully saturated rings. The zero-order chi connectivity index (χ0) is 15.9. The van der Waals surface area contributed by atoms with Crippen molar-refractivity contribution in [1.29, 1.82) is 0 Å². The monoisotopic (exact) mass is 310 g/mol. The predicted octanol–water partition coefficient (Wildman–Crippen LogP) is 5.47. The second-order valence-electron chi connectivity index (χ2n) is 5.88. The molecule has 1 aliphatic rings. The van der Waals surface area contributed by atoms with Crippen molar-refractivity contribution in [3.8, 4) is 11.5 Å². The Bertz CT molecular complexity index is 506. The Labute approximate surface area is 131 Å². The third-order valence-electron chi connectivity index (χ3n) is 4.36. The van der Waals surface area contributed by atoms with Crippen LogP contribution in [0.5, 0.6) is 11.5 Å². The average molecular weight is 310 g/mol. The summed E-state index contributed by atoms with van der Waals surface area (Å²) in [5.41, 5.74) is 0. The van der Waals surface area contributed by atoms with E-state index in [9.17, 15) is 8.78 Å². The van der Waals surface area contributed by atoms with Gasteiger partial charge in [-0.25, -0.2) is 0 Å². The summed E-state index contributed by atoms with van der Waals surface area (Å²) in [7, 11) is 0. The lowest BCUT2D eigenvalue weighted by Crippen LogP contribution is -2.20. The van der Waals surface area contributed by atoms with Gasteiger partial charge >= 0.3 is 0 Å². The number of benzene rings is 1. The second-order valence-corrected chi connectivity index (χ2v) is 5.88. The first-order valence-corrected chi connectivity index (χ1v) is 8.04. The lowest BCUT2D eigenvalue weighted by Gasteiger charge is -2.27. The van der Waals surface area contributed by atoms with E-state index in [1.807, 2.05) is 0 Å². The van der Waals surface area contributed by atoms with Crippen LogP contribution >= 0.6 is 0 Å². The van der Waals surface area contributed by atoms with Crippen molar-refractivity contribution < 1.29 is 18.3 Å². The first-order chi connectivity index (χ1) is 10.7. The standard InChI is InChI=1S/C18H24F2O2/c1-3-11-21-15-9-10-16(18(20)17(15)19)22-12-14-7-5-13(4-2)6-8-14/h3,9-11,13-14H,4-8,12H2,1-2H3. The summed E-state index contributed by atoms with van der Waals surface area (Å²) >= 11 is 0. The van der Waals surface area contributed by atoms with Crippen molar-refractivity contribution >= 4 is 0 Å². The minimum atomic E-state index is -1.01. The second kappa shape index (κ2) is 8.16. The number of rotatable bonds is 6. The van der Waals surface area contributed by atoms with Gasteiger partial charge in [0.05, 0.1) is 12.9 Å². The highest BCUT2D eigenvalue weighted by molar-refractivity contribution is 5.35. The van der Waals surface area contributed by atoms with Gasteiger partial charge in [-0.15, -0.1) is 0 Å².